The lowest BCUT2D eigenvalue weighted by atomic mass is 9.97. The van der Waals surface area contributed by atoms with Crippen LogP contribution < -0.4 is 0 Å². The Labute approximate surface area is 65.7 Å². The number of hydrogen-bond donors (Lipinski definition) is 0. The van der Waals surface area contributed by atoms with Crippen LogP contribution in [0, 0.1) is 0 Å². The molecular weight excluding hydrogens is 150 g/mol. The summed E-state index contributed by atoms with van der Waals surface area (Å²) in [6.45, 7) is 2.58. The first-order valence-corrected chi connectivity index (χ1v) is 4.02. The summed E-state index contributed by atoms with van der Waals surface area (Å²) in [5.41, 5.74) is -1.72. The van der Waals surface area contributed by atoms with Crippen LogP contribution in [0.1, 0.15) is 26.7 Å². The van der Waals surface area contributed by atoms with E-state index in [2.05, 4.69) is 0 Å². The molecule has 0 aromatic rings. The second-order valence-corrected chi connectivity index (χ2v) is 3.18. The normalized spacial score (nSPS) is 44.7. The van der Waals surface area contributed by atoms with E-state index in [-0.39, 0.29) is 12.5 Å². The van der Waals surface area contributed by atoms with Gasteiger partial charge in [-0.25, -0.2) is 8.78 Å². The first-order valence-electron chi connectivity index (χ1n) is 4.02. The van der Waals surface area contributed by atoms with Gasteiger partial charge in [-0.1, -0.05) is 6.92 Å². The van der Waals surface area contributed by atoms with Gasteiger partial charge in [0.2, 0.25) is 0 Å². The summed E-state index contributed by atoms with van der Waals surface area (Å²) < 4.78 is 30.8. The van der Waals surface area contributed by atoms with E-state index in [0.717, 1.165) is 6.42 Å². The van der Waals surface area contributed by atoms with Crippen LogP contribution in [0.15, 0.2) is 0 Å². The Balaban J connectivity index is 2.57. The van der Waals surface area contributed by atoms with Crippen LogP contribution in [0.25, 0.3) is 0 Å². The summed E-state index contributed by atoms with van der Waals surface area (Å²) in [6.07, 6.45) is 0.292. The highest BCUT2D eigenvalue weighted by molar-refractivity contribution is 4.93. The second kappa shape index (κ2) is 3.05. The van der Waals surface area contributed by atoms with E-state index in [1.165, 1.54) is 0 Å². The first kappa shape index (κ1) is 8.91. The minimum Gasteiger partial charge on any atom is -0.372 e. The van der Waals surface area contributed by atoms with E-state index in [9.17, 15) is 8.78 Å². The Hall–Kier alpha value is -0.180. The second-order valence-electron chi connectivity index (χ2n) is 3.18. The van der Waals surface area contributed by atoms with E-state index < -0.39 is 18.4 Å². The van der Waals surface area contributed by atoms with Gasteiger partial charge in [0.25, 0.3) is 0 Å². The summed E-state index contributed by atoms with van der Waals surface area (Å²) in [6, 6.07) is 0. The number of halogens is 2. The zero-order valence-corrected chi connectivity index (χ0v) is 6.94. The first-order chi connectivity index (χ1) is 5.12. The van der Waals surface area contributed by atoms with Gasteiger partial charge in [-0.15, -0.1) is 0 Å². The summed E-state index contributed by atoms with van der Waals surface area (Å²) in [7, 11) is 0. The van der Waals surface area contributed by atoms with E-state index in [1.807, 2.05) is 6.92 Å². The fraction of sp³-hybridized carbons (Fsp3) is 1.00. The SMILES string of the molecule is CC[C@@H]1CC(F)(CF)[C@H](C)O1. The van der Waals surface area contributed by atoms with Crippen molar-refractivity contribution in [1.29, 1.82) is 0 Å². The standard InChI is InChI=1S/C8H14F2O/c1-3-7-4-8(10,5-9)6(2)11-7/h6-7H,3-5H2,1-2H3/t6-,7+,8?/m0/s1. The van der Waals surface area contributed by atoms with Crippen molar-refractivity contribution in [2.24, 2.45) is 0 Å². The third-order valence-electron chi connectivity index (χ3n) is 2.37. The van der Waals surface area contributed by atoms with Crippen molar-refractivity contribution in [3.05, 3.63) is 0 Å². The zero-order valence-electron chi connectivity index (χ0n) is 6.94. The fourth-order valence-electron chi connectivity index (χ4n) is 1.41. The number of hydrogen-bond acceptors (Lipinski definition) is 1. The van der Waals surface area contributed by atoms with Gasteiger partial charge in [-0.05, 0) is 13.3 Å². The van der Waals surface area contributed by atoms with Crippen LogP contribution >= 0.6 is 0 Å². The fourth-order valence-corrected chi connectivity index (χ4v) is 1.41. The molecule has 1 rings (SSSR count). The molecule has 0 bridgehead atoms. The molecule has 0 aromatic carbocycles. The van der Waals surface area contributed by atoms with Gasteiger partial charge in [0.1, 0.15) is 6.67 Å². The summed E-state index contributed by atoms with van der Waals surface area (Å²) >= 11 is 0. The van der Waals surface area contributed by atoms with Crippen molar-refractivity contribution >= 4 is 0 Å². The summed E-state index contributed by atoms with van der Waals surface area (Å²) in [5.74, 6) is 0. The lowest BCUT2D eigenvalue weighted by molar-refractivity contribution is -0.00107. The van der Waals surface area contributed by atoms with Crippen LogP contribution in [0.2, 0.25) is 0 Å². The Bertz CT molecular complexity index is 140. The number of ether oxygens (including phenoxy) is 1. The molecule has 3 atom stereocenters. The lowest BCUT2D eigenvalue weighted by Crippen LogP contribution is -2.33. The third-order valence-corrected chi connectivity index (χ3v) is 2.37. The predicted molar refractivity (Wildman–Crippen MR) is 39.1 cm³/mol. The van der Waals surface area contributed by atoms with E-state index >= 15 is 0 Å². The molecule has 0 amide bonds. The largest absolute Gasteiger partial charge is 0.372 e. The maximum absolute atomic E-state index is 13.4. The molecule has 11 heavy (non-hydrogen) atoms. The van der Waals surface area contributed by atoms with Gasteiger partial charge in [0.15, 0.2) is 5.67 Å². The molecule has 1 nitrogen and oxygen atoms in total. The Kier molecular flexibility index (Phi) is 2.47. The van der Waals surface area contributed by atoms with Gasteiger partial charge in [-0.3, -0.25) is 0 Å². The van der Waals surface area contributed by atoms with Gasteiger partial charge >= 0.3 is 0 Å². The Morgan fingerprint density at radius 1 is 1.64 bits per heavy atom. The quantitative estimate of drug-likeness (QED) is 0.608. The van der Waals surface area contributed by atoms with Crippen molar-refractivity contribution in [3.8, 4) is 0 Å². The van der Waals surface area contributed by atoms with Crippen LogP contribution in [-0.2, 0) is 4.74 Å². The molecule has 0 spiro atoms. The predicted octanol–water partition coefficient (Wildman–Crippen LogP) is 2.25. The zero-order chi connectivity index (χ0) is 8.48. The average Bonchev–Trinajstić information content (AvgIpc) is 2.29. The molecule has 1 aliphatic heterocycles. The van der Waals surface area contributed by atoms with Crippen LogP contribution in [-0.4, -0.2) is 24.6 Å². The minimum absolute atomic E-state index is 0.0919. The molecule has 0 aliphatic carbocycles. The molecule has 0 N–H and O–H groups in total. The molecule has 1 saturated heterocycles. The highest BCUT2D eigenvalue weighted by Gasteiger charge is 2.46. The van der Waals surface area contributed by atoms with Gasteiger partial charge in [0, 0.05) is 6.42 Å². The van der Waals surface area contributed by atoms with E-state index in [1.54, 1.807) is 6.92 Å². The van der Waals surface area contributed by atoms with Crippen molar-refractivity contribution in [2.75, 3.05) is 6.67 Å². The van der Waals surface area contributed by atoms with E-state index in [0.29, 0.717) is 0 Å². The minimum atomic E-state index is -1.72. The summed E-state index contributed by atoms with van der Waals surface area (Å²) in [5, 5.41) is 0. The summed E-state index contributed by atoms with van der Waals surface area (Å²) in [4.78, 5) is 0. The van der Waals surface area contributed by atoms with Gasteiger partial charge < -0.3 is 4.74 Å². The Morgan fingerprint density at radius 3 is 2.55 bits per heavy atom. The average molecular weight is 164 g/mol. The third kappa shape index (κ3) is 1.53. The van der Waals surface area contributed by atoms with Crippen molar-refractivity contribution < 1.29 is 13.5 Å². The highest BCUT2D eigenvalue weighted by Crippen LogP contribution is 2.35. The molecule has 1 fully saturated rings. The topological polar surface area (TPSA) is 9.23 Å². The number of rotatable bonds is 2. The van der Waals surface area contributed by atoms with Gasteiger partial charge in [-0.2, -0.15) is 0 Å². The molecule has 3 heteroatoms. The molecule has 1 unspecified atom stereocenters. The molecule has 0 radical (unpaired) electrons. The Morgan fingerprint density at radius 2 is 2.27 bits per heavy atom. The van der Waals surface area contributed by atoms with Crippen molar-refractivity contribution in [2.45, 2.75) is 44.6 Å². The van der Waals surface area contributed by atoms with Crippen molar-refractivity contribution in [3.63, 3.8) is 0 Å². The van der Waals surface area contributed by atoms with E-state index in [4.69, 9.17) is 4.74 Å². The monoisotopic (exact) mass is 164 g/mol. The lowest BCUT2D eigenvalue weighted by Gasteiger charge is -2.17. The van der Waals surface area contributed by atoms with Crippen LogP contribution in [0.4, 0.5) is 8.78 Å². The van der Waals surface area contributed by atoms with Crippen molar-refractivity contribution in [1.82, 2.24) is 0 Å². The maximum Gasteiger partial charge on any atom is 0.167 e. The molecule has 1 heterocycles. The van der Waals surface area contributed by atoms with Crippen LogP contribution in [0.3, 0.4) is 0 Å². The molecule has 66 valence electrons. The number of alkyl halides is 2. The molecule has 0 aromatic heterocycles. The molecule has 1 aliphatic rings. The molecular formula is C8H14F2O. The van der Waals surface area contributed by atoms with Crippen LogP contribution in [0.5, 0.6) is 0 Å². The highest BCUT2D eigenvalue weighted by atomic mass is 19.2. The smallest absolute Gasteiger partial charge is 0.167 e. The van der Waals surface area contributed by atoms with Gasteiger partial charge in [0.05, 0.1) is 12.2 Å². The maximum atomic E-state index is 13.4. The molecule has 0 saturated carbocycles.